The Morgan fingerprint density at radius 1 is 0.971 bits per heavy atom. The van der Waals surface area contributed by atoms with Crippen molar-refractivity contribution >= 4 is 27.5 Å². The number of hydrogen-bond donors (Lipinski definition) is 1. The second kappa shape index (κ2) is 9.59. The zero-order chi connectivity index (χ0) is 24.4. The number of aromatic nitrogens is 1. The van der Waals surface area contributed by atoms with E-state index in [9.17, 15) is 18.0 Å². The van der Waals surface area contributed by atoms with Crippen LogP contribution in [0.3, 0.4) is 0 Å². The molecule has 1 aromatic heterocycles. The van der Waals surface area contributed by atoms with E-state index in [0.717, 1.165) is 30.4 Å². The lowest BCUT2D eigenvalue weighted by Gasteiger charge is -2.25. The van der Waals surface area contributed by atoms with E-state index >= 15 is 0 Å². The number of nitrogens with zero attached hydrogens (tertiary/aromatic N) is 3. The first-order chi connectivity index (χ1) is 16.9. The highest BCUT2D eigenvalue weighted by molar-refractivity contribution is 7.89. The normalized spacial score (nSPS) is 16.2. The first-order valence-electron chi connectivity index (χ1n) is 11.6. The van der Waals surface area contributed by atoms with Crippen molar-refractivity contribution in [2.45, 2.75) is 37.2 Å². The number of amides is 2. The van der Waals surface area contributed by atoms with Crippen molar-refractivity contribution in [3.63, 3.8) is 0 Å². The summed E-state index contributed by atoms with van der Waals surface area (Å²) in [5.74, 6) is -0.609. The molecule has 5 rings (SSSR count). The van der Waals surface area contributed by atoms with Gasteiger partial charge in [0.05, 0.1) is 16.0 Å². The highest BCUT2D eigenvalue weighted by atomic mass is 32.2. The average Bonchev–Trinajstić information content (AvgIpc) is 3.20. The van der Waals surface area contributed by atoms with Gasteiger partial charge in [0.25, 0.3) is 11.8 Å². The van der Waals surface area contributed by atoms with E-state index in [4.69, 9.17) is 0 Å². The van der Waals surface area contributed by atoms with Crippen molar-refractivity contribution in [2.75, 3.05) is 18.4 Å². The third-order valence-corrected chi connectivity index (χ3v) is 8.33. The molecule has 1 N–H and O–H groups in total. The van der Waals surface area contributed by atoms with Gasteiger partial charge in [-0.05, 0) is 60.4 Å². The van der Waals surface area contributed by atoms with E-state index in [1.807, 2.05) is 18.2 Å². The first kappa shape index (κ1) is 23.2. The number of rotatable bonds is 6. The van der Waals surface area contributed by atoms with E-state index in [0.29, 0.717) is 43.0 Å². The van der Waals surface area contributed by atoms with Crippen LogP contribution >= 0.6 is 0 Å². The molecule has 0 saturated carbocycles. The minimum Gasteiger partial charge on any atom is -0.330 e. The summed E-state index contributed by atoms with van der Waals surface area (Å²) in [5.41, 5.74) is 2.88. The van der Waals surface area contributed by atoms with Gasteiger partial charge in [0, 0.05) is 44.3 Å². The van der Waals surface area contributed by atoms with Gasteiger partial charge in [0.2, 0.25) is 10.0 Å². The minimum atomic E-state index is -3.54. The quantitative estimate of drug-likeness (QED) is 0.568. The van der Waals surface area contributed by atoms with Crippen LogP contribution in [0.1, 0.15) is 51.1 Å². The fourth-order valence-electron chi connectivity index (χ4n) is 4.61. The molecule has 2 aliphatic heterocycles. The summed E-state index contributed by atoms with van der Waals surface area (Å²) in [6.07, 6.45) is 6.19. The van der Waals surface area contributed by atoms with Gasteiger partial charge >= 0.3 is 0 Å². The molecule has 0 spiro atoms. The number of carbonyl (C=O) groups excluding carboxylic acids is 2. The number of carbonyl (C=O) groups is 2. The molecule has 0 bridgehead atoms. The molecule has 1 saturated heterocycles. The first-order valence-corrected chi connectivity index (χ1v) is 13.1. The lowest BCUT2D eigenvalue weighted by atomic mass is 10.0. The second-order valence-corrected chi connectivity index (χ2v) is 10.7. The van der Waals surface area contributed by atoms with Crippen LogP contribution in [0.25, 0.3) is 0 Å². The molecule has 0 aliphatic carbocycles. The zero-order valence-electron chi connectivity index (χ0n) is 19.2. The maximum Gasteiger partial charge on any atom is 0.256 e. The standard InChI is InChI=1S/C26H26N4O4S/c31-25(28-21-9-11-22(12-10-21)35(33,34)30-14-2-1-3-15-30)23-8-4-7-20-18-29(26(32)24(20)23)17-19-6-5-13-27-16-19/h4-13,16H,1-3,14-15,17-18H2,(H,28,31). The Kier molecular flexibility index (Phi) is 6.36. The van der Waals surface area contributed by atoms with Crippen LogP contribution in [-0.4, -0.2) is 47.5 Å². The van der Waals surface area contributed by atoms with Crippen molar-refractivity contribution in [2.24, 2.45) is 0 Å². The van der Waals surface area contributed by atoms with Gasteiger partial charge in [0.1, 0.15) is 0 Å². The zero-order valence-corrected chi connectivity index (χ0v) is 20.0. The van der Waals surface area contributed by atoms with Crippen molar-refractivity contribution in [1.29, 1.82) is 0 Å². The van der Waals surface area contributed by atoms with Crippen LogP contribution in [0.2, 0.25) is 0 Å². The van der Waals surface area contributed by atoms with Crippen LogP contribution in [0.5, 0.6) is 0 Å². The molecule has 0 unspecified atom stereocenters. The Hall–Kier alpha value is -3.56. The third kappa shape index (κ3) is 4.69. The third-order valence-electron chi connectivity index (χ3n) is 6.42. The molecule has 1 fully saturated rings. The van der Waals surface area contributed by atoms with Gasteiger partial charge in [-0.1, -0.05) is 24.6 Å². The van der Waals surface area contributed by atoms with Gasteiger partial charge in [0.15, 0.2) is 0 Å². The number of anilines is 1. The summed E-state index contributed by atoms with van der Waals surface area (Å²) < 4.78 is 27.2. The van der Waals surface area contributed by atoms with Crippen molar-refractivity contribution in [3.8, 4) is 0 Å². The lowest BCUT2D eigenvalue weighted by Crippen LogP contribution is -2.35. The number of piperidine rings is 1. The Balaban J connectivity index is 1.31. The summed E-state index contributed by atoms with van der Waals surface area (Å²) in [4.78, 5) is 32.2. The molecule has 3 aromatic rings. The fraction of sp³-hybridized carbons (Fsp3) is 0.269. The molecule has 8 nitrogen and oxygen atoms in total. The van der Waals surface area contributed by atoms with Crippen LogP contribution in [-0.2, 0) is 23.1 Å². The van der Waals surface area contributed by atoms with Gasteiger partial charge < -0.3 is 10.2 Å². The topological polar surface area (TPSA) is 99.7 Å². The van der Waals surface area contributed by atoms with Crippen LogP contribution in [0.4, 0.5) is 5.69 Å². The molecule has 0 atom stereocenters. The van der Waals surface area contributed by atoms with Crippen molar-refractivity contribution < 1.29 is 18.0 Å². The van der Waals surface area contributed by atoms with Crippen molar-refractivity contribution in [1.82, 2.24) is 14.2 Å². The largest absolute Gasteiger partial charge is 0.330 e. The molecule has 0 radical (unpaired) electrons. The molecule has 2 amide bonds. The molecule has 2 aliphatic rings. The maximum absolute atomic E-state index is 13.1. The summed E-state index contributed by atoms with van der Waals surface area (Å²) in [6, 6.07) is 15.2. The molecular formula is C26H26N4O4S. The predicted octanol–water partition coefficient (Wildman–Crippen LogP) is 3.66. The van der Waals surface area contributed by atoms with Crippen LogP contribution < -0.4 is 5.32 Å². The van der Waals surface area contributed by atoms with E-state index in [-0.39, 0.29) is 10.8 Å². The van der Waals surface area contributed by atoms with Crippen LogP contribution in [0.15, 0.2) is 71.9 Å². The summed E-state index contributed by atoms with van der Waals surface area (Å²) >= 11 is 0. The molecule has 180 valence electrons. The summed E-state index contributed by atoms with van der Waals surface area (Å²) in [6.45, 7) is 1.90. The number of benzene rings is 2. The number of sulfonamides is 1. The fourth-order valence-corrected chi connectivity index (χ4v) is 6.13. The van der Waals surface area contributed by atoms with E-state index in [2.05, 4.69) is 10.3 Å². The predicted molar refractivity (Wildman–Crippen MR) is 131 cm³/mol. The molecular weight excluding hydrogens is 464 g/mol. The number of nitrogens with one attached hydrogen (secondary N) is 1. The monoisotopic (exact) mass is 490 g/mol. The van der Waals surface area contributed by atoms with Crippen molar-refractivity contribution in [3.05, 3.63) is 89.2 Å². The second-order valence-electron chi connectivity index (χ2n) is 8.81. The Labute approximate surface area is 204 Å². The summed E-state index contributed by atoms with van der Waals surface area (Å²) in [5, 5.41) is 2.80. The molecule has 2 aromatic carbocycles. The SMILES string of the molecule is O=C(Nc1ccc(S(=O)(=O)N2CCCCC2)cc1)c1cccc2c1C(=O)N(Cc1cccnc1)C2. The Morgan fingerprint density at radius 3 is 2.46 bits per heavy atom. The van der Waals surface area contributed by atoms with Gasteiger partial charge in [-0.25, -0.2) is 8.42 Å². The highest BCUT2D eigenvalue weighted by Gasteiger charge is 2.32. The highest BCUT2D eigenvalue weighted by Crippen LogP contribution is 2.28. The maximum atomic E-state index is 13.1. The summed E-state index contributed by atoms with van der Waals surface area (Å²) in [7, 11) is -3.54. The lowest BCUT2D eigenvalue weighted by molar-refractivity contribution is 0.0763. The number of fused-ring (bicyclic) bond motifs is 1. The van der Waals surface area contributed by atoms with E-state index in [1.54, 1.807) is 41.6 Å². The van der Waals surface area contributed by atoms with E-state index < -0.39 is 15.9 Å². The minimum absolute atomic E-state index is 0.197. The Bertz CT molecular complexity index is 1350. The van der Waals surface area contributed by atoms with Gasteiger partial charge in [-0.15, -0.1) is 0 Å². The number of pyridine rings is 1. The smallest absolute Gasteiger partial charge is 0.256 e. The number of hydrogen-bond acceptors (Lipinski definition) is 5. The molecule has 3 heterocycles. The molecule has 9 heteroatoms. The van der Waals surface area contributed by atoms with Gasteiger partial charge in [-0.2, -0.15) is 4.31 Å². The van der Waals surface area contributed by atoms with Crippen LogP contribution in [0, 0.1) is 0 Å². The molecule has 35 heavy (non-hydrogen) atoms. The van der Waals surface area contributed by atoms with E-state index in [1.165, 1.54) is 16.4 Å². The Morgan fingerprint density at radius 2 is 1.74 bits per heavy atom. The average molecular weight is 491 g/mol. The van der Waals surface area contributed by atoms with Gasteiger partial charge in [-0.3, -0.25) is 14.6 Å².